The van der Waals surface area contributed by atoms with Gasteiger partial charge in [0.15, 0.2) is 5.82 Å². The van der Waals surface area contributed by atoms with Crippen molar-refractivity contribution in [3.05, 3.63) is 70.5 Å². The van der Waals surface area contributed by atoms with Crippen LogP contribution in [0.4, 0.5) is 0 Å². The quantitative estimate of drug-likeness (QED) is 0.542. The van der Waals surface area contributed by atoms with Crippen molar-refractivity contribution in [2.45, 2.75) is 6.42 Å². The molecule has 0 bridgehead atoms. The van der Waals surface area contributed by atoms with E-state index in [1.54, 1.807) is 11.3 Å². The minimum atomic E-state index is 0.715. The molecule has 4 rings (SSSR count). The summed E-state index contributed by atoms with van der Waals surface area (Å²) in [7, 11) is 0. The van der Waals surface area contributed by atoms with Gasteiger partial charge >= 0.3 is 0 Å². The van der Waals surface area contributed by atoms with Crippen LogP contribution in [0.2, 0.25) is 0 Å². The zero-order chi connectivity index (χ0) is 14.9. The number of hydrogen-bond acceptors (Lipinski definition) is 4. The Bertz CT molecular complexity index is 912. The molecule has 0 N–H and O–H groups in total. The van der Waals surface area contributed by atoms with Crippen LogP contribution in [0.25, 0.3) is 15.5 Å². The number of hydrogen-bond donors (Lipinski definition) is 0. The van der Waals surface area contributed by atoms with Crippen LogP contribution in [0.1, 0.15) is 11.4 Å². The average molecular weight is 371 g/mol. The third-order valence-corrected chi connectivity index (χ3v) is 4.83. The number of fused-ring (bicyclic) bond motifs is 1. The third-order valence-electron chi connectivity index (χ3n) is 3.35. The fourth-order valence-electron chi connectivity index (χ4n) is 2.25. The molecule has 0 aliphatic heterocycles. The summed E-state index contributed by atoms with van der Waals surface area (Å²) < 4.78 is 2.91. The minimum Gasteiger partial charge on any atom is -0.187 e. The predicted octanol–water partition coefficient (Wildman–Crippen LogP) is 4.21. The highest BCUT2D eigenvalue weighted by Crippen LogP contribution is 2.25. The lowest BCUT2D eigenvalue weighted by atomic mass is 10.1. The van der Waals surface area contributed by atoms with Crippen LogP contribution in [0, 0.1) is 0 Å². The first-order valence-electron chi connectivity index (χ1n) is 6.80. The maximum Gasteiger partial charge on any atom is 0.234 e. The van der Waals surface area contributed by atoms with Gasteiger partial charge in [0.05, 0.1) is 0 Å². The summed E-state index contributed by atoms with van der Waals surface area (Å²) in [5.41, 5.74) is 2.29. The van der Waals surface area contributed by atoms with Crippen LogP contribution in [0.3, 0.4) is 0 Å². The van der Waals surface area contributed by atoms with Crippen molar-refractivity contribution in [3.8, 4) is 10.6 Å². The van der Waals surface area contributed by atoms with Gasteiger partial charge in [-0.25, -0.2) is 0 Å². The smallest absolute Gasteiger partial charge is 0.187 e. The fourth-order valence-corrected chi connectivity index (χ4v) is 3.38. The van der Waals surface area contributed by atoms with Crippen LogP contribution in [0.15, 0.2) is 59.1 Å². The Balaban J connectivity index is 1.70. The first-order chi connectivity index (χ1) is 10.8. The summed E-state index contributed by atoms with van der Waals surface area (Å²) in [6.07, 6.45) is 0.715. The molecular weight excluding hydrogens is 360 g/mol. The Morgan fingerprint density at radius 1 is 0.955 bits per heavy atom. The molecule has 0 aliphatic rings. The number of rotatable bonds is 3. The van der Waals surface area contributed by atoms with Gasteiger partial charge < -0.3 is 0 Å². The number of nitrogens with zero attached hydrogens (tertiary/aromatic N) is 4. The molecule has 0 radical (unpaired) electrons. The molecule has 4 nitrogen and oxygen atoms in total. The van der Waals surface area contributed by atoms with Crippen molar-refractivity contribution in [1.29, 1.82) is 0 Å². The molecule has 6 heteroatoms. The zero-order valence-electron chi connectivity index (χ0n) is 11.5. The number of aromatic nitrogens is 4. The van der Waals surface area contributed by atoms with Crippen LogP contribution in [0.5, 0.6) is 0 Å². The maximum atomic E-state index is 4.66. The van der Waals surface area contributed by atoms with E-state index < -0.39 is 0 Å². The lowest BCUT2D eigenvalue weighted by Crippen LogP contribution is -1.97. The summed E-state index contributed by atoms with van der Waals surface area (Å²) in [5, 5.41) is 14.1. The zero-order valence-corrected chi connectivity index (χ0v) is 13.9. The Morgan fingerprint density at radius 3 is 2.50 bits per heavy atom. The lowest BCUT2D eigenvalue weighted by Gasteiger charge is -1.99. The van der Waals surface area contributed by atoms with E-state index in [0.717, 1.165) is 25.8 Å². The molecule has 0 fully saturated rings. The van der Waals surface area contributed by atoms with Gasteiger partial charge in [0.25, 0.3) is 0 Å². The molecule has 0 aliphatic carbocycles. The molecule has 4 aromatic rings. The molecule has 0 saturated heterocycles. The van der Waals surface area contributed by atoms with Crippen molar-refractivity contribution in [1.82, 2.24) is 19.8 Å². The standard InChI is InChI=1S/C16H11BrN4S/c17-13-8-6-11(7-9-13)10-14-18-19-16-21(14)20-15(22-16)12-4-2-1-3-5-12/h1-9H,10H2. The highest BCUT2D eigenvalue weighted by Gasteiger charge is 2.13. The van der Waals surface area contributed by atoms with E-state index in [4.69, 9.17) is 0 Å². The second-order valence-electron chi connectivity index (χ2n) is 4.89. The summed E-state index contributed by atoms with van der Waals surface area (Å²) in [5.74, 6) is 0.857. The molecule has 108 valence electrons. The minimum absolute atomic E-state index is 0.715. The molecule has 0 spiro atoms. The summed E-state index contributed by atoms with van der Waals surface area (Å²) in [6.45, 7) is 0. The van der Waals surface area contributed by atoms with E-state index in [9.17, 15) is 0 Å². The normalized spacial score (nSPS) is 11.1. The van der Waals surface area contributed by atoms with Crippen LogP contribution < -0.4 is 0 Å². The fraction of sp³-hybridized carbons (Fsp3) is 0.0625. The summed E-state index contributed by atoms with van der Waals surface area (Å²) in [6, 6.07) is 18.4. The molecule has 0 saturated carbocycles. The SMILES string of the molecule is Brc1ccc(Cc2nnc3sc(-c4ccccc4)nn23)cc1. The van der Waals surface area contributed by atoms with Crippen molar-refractivity contribution in [3.63, 3.8) is 0 Å². The molecule has 0 atom stereocenters. The predicted molar refractivity (Wildman–Crippen MR) is 91.0 cm³/mol. The Morgan fingerprint density at radius 2 is 1.73 bits per heavy atom. The topological polar surface area (TPSA) is 43.1 Å². The average Bonchev–Trinajstić information content (AvgIpc) is 3.12. The molecule has 2 aromatic heterocycles. The van der Waals surface area contributed by atoms with Crippen LogP contribution in [-0.4, -0.2) is 19.8 Å². The highest BCUT2D eigenvalue weighted by molar-refractivity contribution is 9.10. The Labute approximate surface area is 139 Å². The second-order valence-corrected chi connectivity index (χ2v) is 6.76. The molecular formula is C16H11BrN4S. The van der Waals surface area contributed by atoms with Gasteiger partial charge in [0.2, 0.25) is 4.96 Å². The Hall–Kier alpha value is -2.05. The molecule has 22 heavy (non-hydrogen) atoms. The van der Waals surface area contributed by atoms with Gasteiger partial charge in [-0.2, -0.15) is 9.61 Å². The van der Waals surface area contributed by atoms with E-state index in [0.29, 0.717) is 6.42 Å². The van der Waals surface area contributed by atoms with Crippen LogP contribution >= 0.6 is 27.3 Å². The first-order valence-corrected chi connectivity index (χ1v) is 8.41. The van der Waals surface area contributed by atoms with Gasteiger partial charge in [-0.15, -0.1) is 10.2 Å². The highest BCUT2D eigenvalue weighted by atomic mass is 79.9. The number of benzene rings is 2. The van der Waals surface area contributed by atoms with Crippen molar-refractivity contribution in [2.24, 2.45) is 0 Å². The molecule has 0 unspecified atom stereocenters. The van der Waals surface area contributed by atoms with Gasteiger partial charge in [-0.3, -0.25) is 0 Å². The monoisotopic (exact) mass is 370 g/mol. The van der Waals surface area contributed by atoms with Gasteiger partial charge in [-0.05, 0) is 17.7 Å². The third kappa shape index (κ3) is 2.55. The first kappa shape index (κ1) is 13.6. The van der Waals surface area contributed by atoms with E-state index in [1.165, 1.54) is 5.56 Å². The second kappa shape index (κ2) is 5.62. The number of halogens is 1. The van der Waals surface area contributed by atoms with Gasteiger partial charge in [0.1, 0.15) is 5.01 Å². The van der Waals surface area contributed by atoms with E-state index in [2.05, 4.69) is 55.5 Å². The summed E-state index contributed by atoms with van der Waals surface area (Å²) in [4.78, 5) is 0.825. The Kier molecular flexibility index (Phi) is 3.48. The lowest BCUT2D eigenvalue weighted by molar-refractivity contribution is 0.854. The van der Waals surface area contributed by atoms with Crippen molar-refractivity contribution >= 4 is 32.2 Å². The largest absolute Gasteiger partial charge is 0.234 e. The van der Waals surface area contributed by atoms with Crippen molar-refractivity contribution in [2.75, 3.05) is 0 Å². The summed E-state index contributed by atoms with van der Waals surface area (Å²) >= 11 is 5.00. The van der Waals surface area contributed by atoms with E-state index >= 15 is 0 Å². The van der Waals surface area contributed by atoms with Crippen LogP contribution in [-0.2, 0) is 6.42 Å². The molecule has 2 heterocycles. The van der Waals surface area contributed by atoms with E-state index in [-0.39, 0.29) is 0 Å². The van der Waals surface area contributed by atoms with Gasteiger partial charge in [0, 0.05) is 16.5 Å². The molecule has 2 aromatic carbocycles. The van der Waals surface area contributed by atoms with Gasteiger partial charge in [-0.1, -0.05) is 69.7 Å². The van der Waals surface area contributed by atoms with E-state index in [1.807, 2.05) is 34.8 Å². The molecule has 0 amide bonds. The van der Waals surface area contributed by atoms with Crippen molar-refractivity contribution < 1.29 is 0 Å². The maximum absolute atomic E-state index is 4.66.